The summed E-state index contributed by atoms with van der Waals surface area (Å²) in [6.45, 7) is -2.49. The number of amides is 1. The fourth-order valence-electron chi connectivity index (χ4n) is 2.97. The third-order valence-electron chi connectivity index (χ3n) is 4.07. The smallest absolute Gasteiger partial charge is 0.256 e. The van der Waals surface area contributed by atoms with E-state index >= 15 is 0 Å². The Morgan fingerprint density at radius 1 is 1.27 bits per heavy atom. The molecule has 22 heavy (non-hydrogen) atoms. The lowest BCUT2D eigenvalue weighted by Gasteiger charge is -2.39. The summed E-state index contributed by atoms with van der Waals surface area (Å²) in [7, 11) is 0. The first-order chi connectivity index (χ1) is 11.2. The Morgan fingerprint density at radius 2 is 2.05 bits per heavy atom. The van der Waals surface area contributed by atoms with Crippen molar-refractivity contribution >= 4 is 11.5 Å². The van der Waals surface area contributed by atoms with Gasteiger partial charge in [-0.05, 0) is 17.7 Å². The summed E-state index contributed by atoms with van der Waals surface area (Å²) < 4.78 is 24.7. The zero-order valence-electron chi connectivity index (χ0n) is 13.0. The summed E-state index contributed by atoms with van der Waals surface area (Å²) in [5.41, 5.74) is 0.253. The van der Waals surface area contributed by atoms with E-state index in [0.29, 0.717) is 0 Å². The summed E-state index contributed by atoms with van der Waals surface area (Å²) in [5.74, 6) is -1.74. The van der Waals surface area contributed by atoms with E-state index < -0.39 is 42.8 Å². The molecule has 0 spiro atoms. The highest BCUT2D eigenvalue weighted by Gasteiger charge is 2.44. The fourth-order valence-corrected chi connectivity index (χ4v) is 2.97. The second kappa shape index (κ2) is 4.35. The van der Waals surface area contributed by atoms with E-state index in [1.54, 1.807) is 0 Å². The van der Waals surface area contributed by atoms with E-state index in [-0.39, 0.29) is 28.2 Å². The van der Waals surface area contributed by atoms with Crippen LogP contribution in [0.3, 0.4) is 0 Å². The largest absolute Gasteiger partial charge is 0.504 e. The van der Waals surface area contributed by atoms with Gasteiger partial charge < -0.3 is 35.2 Å². The summed E-state index contributed by atoms with van der Waals surface area (Å²) >= 11 is 0. The van der Waals surface area contributed by atoms with Crippen LogP contribution < -0.4 is 14.8 Å². The number of aromatic hydroxyl groups is 1. The summed E-state index contributed by atoms with van der Waals surface area (Å²) in [6, 6.07) is 0.309. The molecule has 116 valence electrons. The Hall–Kier alpha value is -2.29. The number of carbonyl (C=O) groups is 1. The highest BCUT2D eigenvalue weighted by atomic mass is 16.7. The van der Waals surface area contributed by atoms with Crippen LogP contribution in [0.2, 0.25) is 0 Å². The highest BCUT2D eigenvalue weighted by Crippen LogP contribution is 2.48. The Bertz CT molecular complexity index is 794. The first-order valence-electron chi connectivity index (χ1n) is 7.55. The van der Waals surface area contributed by atoms with E-state index in [2.05, 4.69) is 5.32 Å². The standard InChI is InChI=1S/C14H13NO7/c16-6-1-5-4-2-7-13(22-3-21-7)11(18)8(4)14(20)15-9(5)12(19)10(6)17/h1-2,6,9-10,12,16-19H,3H2,(H,15,20)/t6-,9+,10+,12-/m0/s1/i3D2. The molecule has 1 aliphatic carbocycles. The van der Waals surface area contributed by atoms with Gasteiger partial charge in [-0.2, -0.15) is 0 Å². The topological polar surface area (TPSA) is 128 Å². The Kier molecular flexibility index (Phi) is 2.24. The van der Waals surface area contributed by atoms with Gasteiger partial charge in [0.1, 0.15) is 21.1 Å². The predicted octanol–water partition coefficient (Wildman–Crippen LogP) is -1.29. The molecule has 4 rings (SSSR count). The SMILES string of the molecule is [2H]C1([2H])Oc2cc3c(c(O)c2O1)C(=O)N[C@@H]1C3=C[C@H](O)[C@@H](O)[C@H]1O. The number of hydrogen-bond donors (Lipinski definition) is 5. The van der Waals surface area contributed by atoms with Crippen molar-refractivity contribution in [3.05, 3.63) is 23.3 Å². The summed E-state index contributed by atoms with van der Waals surface area (Å²) in [5, 5.41) is 42.4. The molecule has 8 nitrogen and oxygen atoms in total. The van der Waals surface area contributed by atoms with Crippen LogP contribution in [-0.4, -0.2) is 57.4 Å². The molecule has 3 aliphatic rings. The van der Waals surface area contributed by atoms with Gasteiger partial charge in [-0.1, -0.05) is 0 Å². The minimum Gasteiger partial charge on any atom is -0.504 e. The molecular weight excluding hydrogens is 294 g/mol. The lowest BCUT2D eigenvalue weighted by atomic mass is 9.79. The summed E-state index contributed by atoms with van der Waals surface area (Å²) in [4.78, 5) is 12.3. The van der Waals surface area contributed by atoms with Gasteiger partial charge in [-0.25, -0.2) is 0 Å². The monoisotopic (exact) mass is 309 g/mol. The lowest BCUT2D eigenvalue weighted by Crippen LogP contribution is -2.57. The first kappa shape index (κ1) is 11.3. The Morgan fingerprint density at radius 3 is 2.82 bits per heavy atom. The minimum absolute atomic E-state index is 0.110. The van der Waals surface area contributed by atoms with Crippen LogP contribution in [0.25, 0.3) is 5.57 Å². The average Bonchev–Trinajstić information content (AvgIpc) is 2.81. The van der Waals surface area contributed by atoms with Crippen LogP contribution in [-0.2, 0) is 0 Å². The Balaban J connectivity index is 1.93. The molecule has 0 unspecified atom stereocenters. The van der Waals surface area contributed by atoms with Crippen molar-refractivity contribution in [1.29, 1.82) is 0 Å². The predicted molar refractivity (Wildman–Crippen MR) is 71.5 cm³/mol. The van der Waals surface area contributed by atoms with Gasteiger partial charge in [0.25, 0.3) is 5.91 Å². The molecule has 4 atom stereocenters. The van der Waals surface area contributed by atoms with Crippen LogP contribution >= 0.6 is 0 Å². The molecule has 1 amide bonds. The molecule has 0 bridgehead atoms. The Labute approximate surface area is 127 Å². The number of benzene rings is 1. The second-order valence-electron chi connectivity index (χ2n) is 5.31. The fraction of sp³-hybridized carbons (Fsp3) is 0.357. The van der Waals surface area contributed by atoms with Crippen molar-refractivity contribution in [2.45, 2.75) is 24.4 Å². The molecule has 2 aliphatic heterocycles. The number of aliphatic hydroxyl groups is 3. The van der Waals surface area contributed by atoms with Crippen LogP contribution in [0.15, 0.2) is 12.1 Å². The van der Waals surface area contributed by atoms with Crippen LogP contribution in [0.4, 0.5) is 0 Å². The first-order valence-corrected chi connectivity index (χ1v) is 6.55. The molecule has 0 saturated carbocycles. The number of nitrogens with one attached hydrogen (secondary N) is 1. The number of fused-ring (bicyclic) bond motifs is 4. The molecule has 0 saturated heterocycles. The van der Waals surface area contributed by atoms with Crippen molar-refractivity contribution in [3.8, 4) is 17.2 Å². The van der Waals surface area contributed by atoms with E-state index in [1.165, 1.54) is 12.1 Å². The number of aliphatic hydroxyl groups excluding tert-OH is 3. The van der Waals surface area contributed by atoms with Crippen LogP contribution in [0.5, 0.6) is 17.2 Å². The van der Waals surface area contributed by atoms with E-state index in [0.717, 1.165) is 0 Å². The van der Waals surface area contributed by atoms with Gasteiger partial charge in [-0.15, -0.1) is 0 Å². The maximum atomic E-state index is 12.3. The molecule has 1 aromatic rings. The second-order valence-corrected chi connectivity index (χ2v) is 5.31. The van der Waals surface area contributed by atoms with Crippen LogP contribution in [0, 0.1) is 0 Å². The van der Waals surface area contributed by atoms with E-state index in [4.69, 9.17) is 12.2 Å². The highest BCUT2D eigenvalue weighted by molar-refractivity contribution is 6.07. The third-order valence-corrected chi connectivity index (χ3v) is 4.07. The number of ether oxygens (including phenoxy) is 2. The van der Waals surface area contributed by atoms with Crippen molar-refractivity contribution in [2.75, 3.05) is 6.75 Å². The van der Waals surface area contributed by atoms with Gasteiger partial charge in [-0.3, -0.25) is 4.79 Å². The van der Waals surface area contributed by atoms with Gasteiger partial charge in [0.15, 0.2) is 11.5 Å². The van der Waals surface area contributed by atoms with E-state index in [1.807, 2.05) is 0 Å². The number of hydrogen-bond acceptors (Lipinski definition) is 7. The van der Waals surface area contributed by atoms with Crippen molar-refractivity contribution in [1.82, 2.24) is 5.32 Å². The van der Waals surface area contributed by atoms with Crippen molar-refractivity contribution < 1.29 is 37.4 Å². The molecule has 0 aromatic heterocycles. The van der Waals surface area contributed by atoms with Gasteiger partial charge >= 0.3 is 0 Å². The van der Waals surface area contributed by atoms with Crippen molar-refractivity contribution in [2.24, 2.45) is 0 Å². The molecule has 0 fully saturated rings. The summed E-state index contributed by atoms with van der Waals surface area (Å²) in [6.07, 6.45) is -3.03. The third kappa shape index (κ3) is 1.59. The minimum atomic E-state index is -2.49. The van der Waals surface area contributed by atoms with E-state index in [9.17, 15) is 25.2 Å². The zero-order valence-corrected chi connectivity index (χ0v) is 11.0. The number of rotatable bonds is 0. The maximum Gasteiger partial charge on any atom is 0.256 e. The average molecular weight is 309 g/mol. The van der Waals surface area contributed by atoms with Gasteiger partial charge in [0.2, 0.25) is 12.5 Å². The number of phenolic OH excluding ortho intramolecular Hbond substituents is 1. The van der Waals surface area contributed by atoms with Crippen molar-refractivity contribution in [3.63, 3.8) is 0 Å². The lowest BCUT2D eigenvalue weighted by molar-refractivity contribution is -0.0535. The van der Waals surface area contributed by atoms with Gasteiger partial charge in [0, 0.05) is 5.56 Å². The number of carbonyl (C=O) groups excluding carboxylic acids is 1. The molecule has 0 radical (unpaired) electrons. The normalized spacial score (nSPS) is 35.6. The number of phenols is 1. The molecule has 1 aromatic carbocycles. The zero-order chi connectivity index (χ0) is 17.4. The quantitative estimate of drug-likeness (QED) is 0.403. The molecular formula is C14H13NO7. The maximum absolute atomic E-state index is 12.3. The van der Waals surface area contributed by atoms with Gasteiger partial charge in [0.05, 0.1) is 11.6 Å². The molecule has 8 heteroatoms. The molecule has 2 heterocycles. The van der Waals surface area contributed by atoms with Crippen LogP contribution in [0.1, 0.15) is 18.7 Å². The molecule has 5 N–H and O–H groups in total.